The summed E-state index contributed by atoms with van der Waals surface area (Å²) in [6, 6.07) is 0. The first-order valence-corrected chi connectivity index (χ1v) is 6.07. The highest BCUT2D eigenvalue weighted by Gasteiger charge is 2.89. The second-order valence-electron chi connectivity index (χ2n) is 4.32. The summed E-state index contributed by atoms with van der Waals surface area (Å²) in [5.74, 6) is -20.1. The van der Waals surface area contributed by atoms with Crippen molar-refractivity contribution in [3.8, 4) is 0 Å². The lowest BCUT2D eigenvalue weighted by Crippen LogP contribution is -2.74. The van der Waals surface area contributed by atoms with Gasteiger partial charge in [-0.1, -0.05) is 0 Å². The van der Waals surface area contributed by atoms with E-state index < -0.39 is 57.7 Å². The summed E-state index contributed by atoms with van der Waals surface area (Å²) in [7, 11) is 0. The molecule has 0 heterocycles. The fourth-order valence-corrected chi connectivity index (χ4v) is 3.11. The Morgan fingerprint density at radius 1 is 0.650 bits per heavy atom. The lowest BCUT2D eigenvalue weighted by Gasteiger charge is -2.52. The molecule has 0 aromatic heterocycles. The van der Waals surface area contributed by atoms with Crippen LogP contribution < -0.4 is 0 Å². The maximum Gasteiger partial charge on any atom is 0.357 e. The topological polar surface area (TPSA) is 0 Å². The first-order valence-electron chi connectivity index (χ1n) is 5.00. The molecule has 0 aliphatic heterocycles. The number of halogens is 10. The Morgan fingerprint density at radius 3 is 1.10 bits per heavy atom. The van der Waals surface area contributed by atoms with Crippen molar-refractivity contribution in [3.05, 3.63) is 22.8 Å². The third-order valence-corrected chi connectivity index (χ3v) is 4.05. The summed E-state index contributed by atoms with van der Waals surface area (Å²) < 4.78 is 110. The Hall–Kier alpha value is -0.500. The monoisotopic (exact) mass is 346 g/mol. The zero-order valence-electron chi connectivity index (χ0n) is 9.19. The number of allylic oxidation sites excluding steroid dienone is 4. The van der Waals surface area contributed by atoms with E-state index in [1.807, 2.05) is 0 Å². The van der Waals surface area contributed by atoms with Gasteiger partial charge in [0.25, 0.3) is 11.3 Å². The summed E-state index contributed by atoms with van der Waals surface area (Å²) in [4.78, 5) is 0. The van der Waals surface area contributed by atoms with Gasteiger partial charge in [-0.25, -0.2) is 17.6 Å². The predicted octanol–water partition coefficient (Wildman–Crippen LogP) is 4.63. The van der Waals surface area contributed by atoms with Crippen molar-refractivity contribution in [1.82, 2.24) is 0 Å². The van der Waals surface area contributed by atoms with Crippen molar-refractivity contribution in [2.75, 3.05) is 11.8 Å². The Kier molecular flexibility index (Phi) is 3.20. The van der Waals surface area contributed by atoms with Gasteiger partial charge in [0.15, 0.2) is 11.7 Å². The fourth-order valence-electron chi connectivity index (χ4n) is 2.42. The van der Waals surface area contributed by atoms with Gasteiger partial charge in [-0.15, -0.1) is 23.2 Å². The molecular weight excluding hydrogens is 343 g/mol. The van der Waals surface area contributed by atoms with E-state index >= 15 is 0 Å². The summed E-state index contributed by atoms with van der Waals surface area (Å²) >= 11 is 10.2. The van der Waals surface area contributed by atoms with E-state index in [0.29, 0.717) is 0 Å². The summed E-state index contributed by atoms with van der Waals surface area (Å²) in [5.41, 5.74) is -12.8. The largest absolute Gasteiger partial charge is 0.357 e. The molecule has 3 aliphatic carbocycles. The zero-order chi connectivity index (χ0) is 15.7. The van der Waals surface area contributed by atoms with Crippen LogP contribution in [-0.2, 0) is 0 Å². The Bertz CT molecular complexity index is 493. The summed E-state index contributed by atoms with van der Waals surface area (Å²) in [6.07, 6.45) is 0. The maximum atomic E-state index is 14.3. The lowest BCUT2D eigenvalue weighted by atomic mass is 9.62. The average molecular weight is 347 g/mol. The molecule has 114 valence electrons. The van der Waals surface area contributed by atoms with E-state index in [4.69, 9.17) is 23.2 Å². The normalized spacial score (nSPS) is 38.7. The molecule has 3 rings (SSSR count). The van der Waals surface area contributed by atoms with Crippen LogP contribution in [0.2, 0.25) is 0 Å². The Morgan fingerprint density at radius 2 is 0.900 bits per heavy atom. The van der Waals surface area contributed by atoms with E-state index in [0.717, 1.165) is 0 Å². The number of hydrogen-bond acceptors (Lipinski definition) is 0. The van der Waals surface area contributed by atoms with Crippen molar-refractivity contribution >= 4 is 23.2 Å². The van der Waals surface area contributed by atoms with Crippen LogP contribution in [-0.4, -0.2) is 34.9 Å². The number of alkyl halides is 8. The van der Waals surface area contributed by atoms with Crippen molar-refractivity contribution < 1.29 is 35.1 Å². The third-order valence-electron chi connectivity index (χ3n) is 3.52. The van der Waals surface area contributed by atoms with Gasteiger partial charge in [-0.05, 0) is 11.1 Å². The minimum Gasteiger partial charge on any atom is -0.224 e. The highest BCUT2D eigenvalue weighted by molar-refractivity contribution is 6.21. The Labute approximate surface area is 117 Å². The standard InChI is InChI=1S/C10H4Cl2F8/c11-1-3-4(2-12)8(16)6(14)5(13)7(3,15)9(17,18)10(8,19)20/h1-2H2. The van der Waals surface area contributed by atoms with Gasteiger partial charge >= 0.3 is 11.8 Å². The molecule has 0 saturated carbocycles. The molecule has 0 amide bonds. The van der Waals surface area contributed by atoms with Gasteiger partial charge in [-0.3, -0.25) is 0 Å². The molecule has 0 N–H and O–H groups in total. The van der Waals surface area contributed by atoms with Gasteiger partial charge < -0.3 is 0 Å². The van der Waals surface area contributed by atoms with Crippen LogP contribution in [0.15, 0.2) is 22.8 Å². The van der Waals surface area contributed by atoms with Crippen LogP contribution in [0.5, 0.6) is 0 Å². The van der Waals surface area contributed by atoms with Gasteiger partial charge in [-0.2, -0.15) is 17.6 Å². The smallest absolute Gasteiger partial charge is 0.224 e. The molecule has 0 aromatic carbocycles. The molecule has 0 radical (unpaired) electrons. The van der Waals surface area contributed by atoms with Crippen molar-refractivity contribution in [3.63, 3.8) is 0 Å². The highest BCUT2D eigenvalue weighted by Crippen LogP contribution is 2.69. The van der Waals surface area contributed by atoms with Crippen LogP contribution >= 0.6 is 23.2 Å². The second-order valence-corrected chi connectivity index (χ2v) is 4.85. The number of hydrogen-bond donors (Lipinski definition) is 0. The molecule has 0 spiro atoms. The molecular formula is C10H4Cl2F8. The van der Waals surface area contributed by atoms with Crippen LogP contribution in [0, 0.1) is 0 Å². The van der Waals surface area contributed by atoms with E-state index in [2.05, 4.69) is 0 Å². The SMILES string of the molecule is FC1=C(F)C2(F)C(CCl)=C(CCl)C1(F)C(F)(F)C2(F)F. The molecule has 2 atom stereocenters. The number of fused-ring (bicyclic) bond motifs is 1. The van der Waals surface area contributed by atoms with Gasteiger partial charge in [0, 0.05) is 11.8 Å². The first-order chi connectivity index (χ1) is 8.96. The van der Waals surface area contributed by atoms with Crippen molar-refractivity contribution in [1.29, 1.82) is 0 Å². The molecule has 2 bridgehead atoms. The van der Waals surface area contributed by atoms with Crippen LogP contribution in [0.1, 0.15) is 0 Å². The minimum atomic E-state index is -5.85. The second kappa shape index (κ2) is 4.03. The molecule has 0 saturated heterocycles. The van der Waals surface area contributed by atoms with Crippen LogP contribution in [0.4, 0.5) is 35.1 Å². The molecule has 3 aliphatic rings. The quantitative estimate of drug-likeness (QED) is 0.388. The average Bonchev–Trinajstić information content (AvgIpc) is 2.38. The van der Waals surface area contributed by atoms with Crippen LogP contribution in [0.25, 0.3) is 0 Å². The Balaban J connectivity index is 3.00. The van der Waals surface area contributed by atoms with E-state index in [1.54, 1.807) is 0 Å². The van der Waals surface area contributed by atoms with E-state index in [9.17, 15) is 35.1 Å². The molecule has 0 aromatic rings. The lowest BCUT2D eigenvalue weighted by molar-refractivity contribution is -0.312. The zero-order valence-corrected chi connectivity index (χ0v) is 10.7. The first kappa shape index (κ1) is 15.9. The van der Waals surface area contributed by atoms with Crippen molar-refractivity contribution in [2.24, 2.45) is 0 Å². The number of rotatable bonds is 2. The minimum absolute atomic E-state index is 1.25. The molecule has 0 nitrogen and oxygen atoms in total. The van der Waals surface area contributed by atoms with Crippen molar-refractivity contribution in [2.45, 2.75) is 23.2 Å². The van der Waals surface area contributed by atoms with Gasteiger partial charge in [0.2, 0.25) is 0 Å². The van der Waals surface area contributed by atoms with Crippen LogP contribution in [0.3, 0.4) is 0 Å². The van der Waals surface area contributed by atoms with Gasteiger partial charge in [0.1, 0.15) is 0 Å². The maximum absolute atomic E-state index is 14.3. The molecule has 0 fully saturated rings. The summed E-state index contributed by atoms with van der Waals surface area (Å²) in [5, 5.41) is 0. The fraction of sp³-hybridized carbons (Fsp3) is 0.600. The molecule has 10 heteroatoms. The predicted molar refractivity (Wildman–Crippen MR) is 55.3 cm³/mol. The molecule has 20 heavy (non-hydrogen) atoms. The molecule has 2 unspecified atom stereocenters. The van der Waals surface area contributed by atoms with Gasteiger partial charge in [0.05, 0.1) is 0 Å². The summed E-state index contributed by atoms with van der Waals surface area (Å²) in [6.45, 7) is 0. The highest BCUT2D eigenvalue weighted by atomic mass is 35.5. The van der Waals surface area contributed by atoms with E-state index in [-0.39, 0.29) is 0 Å². The third kappa shape index (κ3) is 1.22. The van der Waals surface area contributed by atoms with E-state index in [1.165, 1.54) is 0 Å².